The summed E-state index contributed by atoms with van der Waals surface area (Å²) < 4.78 is 1.90. The first-order chi connectivity index (χ1) is 8.35. The lowest BCUT2D eigenvalue weighted by atomic mass is 9.88. The van der Waals surface area contributed by atoms with Crippen LogP contribution in [0, 0.1) is 5.92 Å². The van der Waals surface area contributed by atoms with E-state index in [9.17, 15) is 0 Å². The molecule has 0 aromatic carbocycles. The maximum Gasteiger partial charge on any atom is 0.128 e. The Labute approximate surface area is 101 Å². The van der Waals surface area contributed by atoms with E-state index in [1.807, 2.05) is 16.9 Å². The maximum atomic E-state index is 4.68. The minimum absolute atomic E-state index is 0.747. The van der Waals surface area contributed by atoms with E-state index in [1.54, 1.807) is 6.20 Å². The third-order valence-electron chi connectivity index (χ3n) is 3.64. The lowest BCUT2D eigenvalue weighted by Crippen LogP contribution is -2.12. The van der Waals surface area contributed by atoms with Gasteiger partial charge in [-0.3, -0.25) is 4.68 Å². The van der Waals surface area contributed by atoms with Crippen molar-refractivity contribution < 1.29 is 0 Å². The Kier molecular flexibility index (Phi) is 2.71. The topological polar surface area (TPSA) is 46.5 Å². The number of imidazole rings is 1. The van der Waals surface area contributed by atoms with E-state index in [0.29, 0.717) is 0 Å². The molecule has 2 aromatic rings. The second-order valence-corrected chi connectivity index (χ2v) is 4.83. The van der Waals surface area contributed by atoms with E-state index in [-0.39, 0.29) is 0 Å². The number of fused-ring (bicyclic) bond motifs is 1. The number of nitrogens with one attached hydrogen (secondary N) is 1. The highest BCUT2D eigenvalue weighted by Gasteiger charge is 2.20. The van der Waals surface area contributed by atoms with Crippen molar-refractivity contribution in [2.24, 2.45) is 5.92 Å². The van der Waals surface area contributed by atoms with Crippen LogP contribution in [0.5, 0.6) is 0 Å². The first-order valence-electron chi connectivity index (χ1n) is 6.39. The summed E-state index contributed by atoms with van der Waals surface area (Å²) >= 11 is 0. The quantitative estimate of drug-likeness (QED) is 0.878. The van der Waals surface area contributed by atoms with Crippen LogP contribution >= 0.6 is 0 Å². The fourth-order valence-electron chi connectivity index (χ4n) is 2.58. The minimum Gasteiger partial charge on any atom is -0.344 e. The van der Waals surface area contributed by atoms with Crippen molar-refractivity contribution >= 4 is 0 Å². The van der Waals surface area contributed by atoms with Crippen LogP contribution in [0.3, 0.4) is 0 Å². The predicted octanol–water partition coefficient (Wildman–Crippen LogP) is 2.17. The molecule has 1 unspecified atom stereocenters. The molecule has 4 heteroatoms. The lowest BCUT2D eigenvalue weighted by Gasteiger charge is -2.19. The molecule has 4 nitrogen and oxygen atoms in total. The van der Waals surface area contributed by atoms with Gasteiger partial charge >= 0.3 is 0 Å². The molecule has 3 rings (SSSR count). The van der Waals surface area contributed by atoms with E-state index < -0.39 is 0 Å². The molecule has 2 aromatic heterocycles. The van der Waals surface area contributed by atoms with Crippen molar-refractivity contribution in [2.75, 3.05) is 0 Å². The Morgan fingerprint density at radius 2 is 2.47 bits per heavy atom. The first-order valence-corrected chi connectivity index (χ1v) is 6.39. The molecule has 0 saturated carbocycles. The van der Waals surface area contributed by atoms with Crippen LogP contribution in [0.15, 0.2) is 18.5 Å². The van der Waals surface area contributed by atoms with Gasteiger partial charge in [0.1, 0.15) is 5.82 Å². The molecule has 0 aliphatic heterocycles. The molecule has 0 radical (unpaired) electrons. The highest BCUT2D eigenvalue weighted by molar-refractivity contribution is 5.18. The second-order valence-electron chi connectivity index (χ2n) is 4.83. The van der Waals surface area contributed by atoms with Gasteiger partial charge in [0.15, 0.2) is 0 Å². The van der Waals surface area contributed by atoms with Crippen molar-refractivity contribution in [1.29, 1.82) is 0 Å². The van der Waals surface area contributed by atoms with Gasteiger partial charge in [-0.1, -0.05) is 13.3 Å². The Morgan fingerprint density at radius 1 is 1.53 bits per heavy atom. The molecular weight excluding hydrogens is 212 g/mol. The van der Waals surface area contributed by atoms with Crippen LogP contribution in [0.4, 0.5) is 0 Å². The third-order valence-corrected chi connectivity index (χ3v) is 3.64. The number of rotatable bonds is 3. The van der Waals surface area contributed by atoms with Crippen molar-refractivity contribution in [3.05, 3.63) is 35.7 Å². The molecule has 1 aliphatic carbocycles. The molecule has 0 bridgehead atoms. The molecule has 2 heterocycles. The number of nitrogens with zero attached hydrogens (tertiary/aromatic N) is 3. The van der Waals surface area contributed by atoms with Crippen molar-refractivity contribution in [1.82, 2.24) is 19.7 Å². The molecule has 0 fully saturated rings. The van der Waals surface area contributed by atoms with E-state index in [4.69, 9.17) is 0 Å². The summed E-state index contributed by atoms with van der Waals surface area (Å²) in [7, 11) is 0. The van der Waals surface area contributed by atoms with Crippen molar-refractivity contribution in [3.8, 4) is 0 Å². The van der Waals surface area contributed by atoms with Crippen LogP contribution < -0.4 is 0 Å². The number of aromatic nitrogens is 4. The highest BCUT2D eigenvalue weighted by atomic mass is 15.3. The number of aromatic amines is 1. The van der Waals surface area contributed by atoms with Gasteiger partial charge in [0.25, 0.3) is 0 Å². The Balaban J connectivity index is 1.78. The zero-order chi connectivity index (χ0) is 11.7. The Hall–Kier alpha value is -1.58. The summed E-state index contributed by atoms with van der Waals surface area (Å²) in [5, 5.41) is 4.21. The second kappa shape index (κ2) is 4.35. The number of hydrogen-bond acceptors (Lipinski definition) is 2. The largest absolute Gasteiger partial charge is 0.344 e. The summed E-state index contributed by atoms with van der Waals surface area (Å²) in [5.74, 6) is 1.87. The highest BCUT2D eigenvalue weighted by Crippen LogP contribution is 2.25. The summed E-state index contributed by atoms with van der Waals surface area (Å²) in [6, 6.07) is 1.94. The minimum atomic E-state index is 0.747. The van der Waals surface area contributed by atoms with Crippen molar-refractivity contribution in [3.63, 3.8) is 0 Å². The Morgan fingerprint density at radius 3 is 3.24 bits per heavy atom. The molecule has 0 saturated heterocycles. The zero-order valence-electron chi connectivity index (χ0n) is 10.2. The summed E-state index contributed by atoms with van der Waals surface area (Å²) in [6.45, 7) is 3.02. The van der Waals surface area contributed by atoms with Crippen LogP contribution in [0.2, 0.25) is 0 Å². The number of H-pyrrole nitrogens is 1. The van der Waals surface area contributed by atoms with Gasteiger partial charge in [-0.25, -0.2) is 4.98 Å². The fraction of sp³-hybridized carbons (Fsp3) is 0.538. The predicted molar refractivity (Wildman–Crippen MR) is 65.7 cm³/mol. The molecule has 0 spiro atoms. The standard InChI is InChI=1S/C13H18N4/c1-2-10-4-5-11-12(8-10)16-13(15-11)9-17-7-3-6-14-17/h3,6-7,10H,2,4-5,8-9H2,1H3,(H,15,16). The van der Waals surface area contributed by atoms with Gasteiger partial charge < -0.3 is 4.98 Å². The van der Waals surface area contributed by atoms with Crippen LogP contribution in [0.25, 0.3) is 0 Å². The normalized spacial score (nSPS) is 19.2. The van der Waals surface area contributed by atoms with Crippen LogP contribution in [-0.2, 0) is 19.4 Å². The van der Waals surface area contributed by atoms with Crippen LogP contribution in [-0.4, -0.2) is 19.7 Å². The Bertz CT molecular complexity index is 483. The average Bonchev–Trinajstić information content (AvgIpc) is 2.96. The summed E-state index contributed by atoms with van der Waals surface area (Å²) in [6.07, 6.45) is 8.62. The van der Waals surface area contributed by atoms with Gasteiger partial charge in [-0.2, -0.15) is 5.10 Å². The molecule has 1 N–H and O–H groups in total. The van der Waals surface area contributed by atoms with E-state index in [2.05, 4.69) is 22.0 Å². The van der Waals surface area contributed by atoms with Gasteiger partial charge in [0.05, 0.1) is 12.2 Å². The molecule has 1 aliphatic rings. The molecule has 90 valence electrons. The molecule has 0 amide bonds. The third kappa shape index (κ3) is 2.12. The van der Waals surface area contributed by atoms with Gasteiger partial charge in [-0.15, -0.1) is 0 Å². The SMILES string of the molecule is CCC1CCc2nc(Cn3cccn3)[nH]c2C1. The summed E-state index contributed by atoms with van der Waals surface area (Å²) in [4.78, 5) is 8.14. The van der Waals surface area contributed by atoms with Crippen LogP contribution in [0.1, 0.15) is 37.0 Å². The monoisotopic (exact) mass is 230 g/mol. The molecular formula is C13H18N4. The number of aryl methyl sites for hydroxylation is 1. The lowest BCUT2D eigenvalue weighted by molar-refractivity contribution is 0.438. The van der Waals surface area contributed by atoms with Crippen molar-refractivity contribution in [2.45, 2.75) is 39.2 Å². The first kappa shape index (κ1) is 10.6. The van der Waals surface area contributed by atoms with Gasteiger partial charge in [0, 0.05) is 18.1 Å². The summed E-state index contributed by atoms with van der Waals surface area (Å²) in [5.41, 5.74) is 2.63. The number of hydrogen-bond donors (Lipinski definition) is 1. The average molecular weight is 230 g/mol. The molecule has 1 atom stereocenters. The zero-order valence-corrected chi connectivity index (χ0v) is 10.2. The molecule has 17 heavy (non-hydrogen) atoms. The van der Waals surface area contributed by atoms with E-state index >= 15 is 0 Å². The maximum absolute atomic E-state index is 4.68. The fourth-order valence-corrected chi connectivity index (χ4v) is 2.58. The van der Waals surface area contributed by atoms with Gasteiger partial charge in [-0.05, 0) is 31.2 Å². The van der Waals surface area contributed by atoms with E-state index in [1.165, 1.54) is 24.2 Å². The van der Waals surface area contributed by atoms with Gasteiger partial charge in [0.2, 0.25) is 0 Å². The smallest absolute Gasteiger partial charge is 0.128 e. The van der Waals surface area contributed by atoms with E-state index in [0.717, 1.165) is 31.1 Å².